The lowest BCUT2D eigenvalue weighted by atomic mass is 9.82. The molecule has 0 atom stereocenters. The second-order valence-electron chi connectivity index (χ2n) is 8.87. The van der Waals surface area contributed by atoms with Crippen LogP contribution in [0.5, 0.6) is 5.75 Å². The van der Waals surface area contributed by atoms with Gasteiger partial charge in [-0.2, -0.15) is 0 Å². The van der Waals surface area contributed by atoms with Crippen LogP contribution in [0, 0.1) is 11.8 Å². The minimum atomic E-state index is -0.784. The molecule has 1 aliphatic carbocycles. The van der Waals surface area contributed by atoms with E-state index in [1.165, 1.54) is 19.3 Å². The fourth-order valence-electron chi connectivity index (χ4n) is 4.12. The highest BCUT2D eigenvalue weighted by molar-refractivity contribution is 5.76. The van der Waals surface area contributed by atoms with Gasteiger partial charge in [0.1, 0.15) is 5.75 Å². The molecule has 0 spiro atoms. The highest BCUT2D eigenvalue weighted by Gasteiger charge is 2.30. The zero-order valence-electron chi connectivity index (χ0n) is 19.6. The first-order valence-corrected chi connectivity index (χ1v) is 12.3. The third kappa shape index (κ3) is 10.7. The van der Waals surface area contributed by atoms with Crippen LogP contribution >= 0.6 is 0 Å². The minimum absolute atomic E-state index is 0.148. The van der Waals surface area contributed by atoms with Crippen LogP contribution in [0.15, 0.2) is 36.9 Å². The van der Waals surface area contributed by atoms with Gasteiger partial charge in [0, 0.05) is 12.8 Å². The number of unbranched alkanes of at least 4 members (excludes halogenated alkanes) is 6. The van der Waals surface area contributed by atoms with Crippen molar-refractivity contribution in [3.63, 3.8) is 0 Å². The molecule has 182 valence electrons. The zero-order chi connectivity index (χ0) is 23.9. The zero-order valence-corrected chi connectivity index (χ0v) is 19.6. The maximum Gasteiger partial charge on any atom is 0.314 e. The SMILES string of the molecule is C=CCCCCCCCCC(=O)OCCc1ccc(OC(=O)C2CCC(C(=O)O)CC2)cc1. The van der Waals surface area contributed by atoms with Crippen molar-refractivity contribution in [2.45, 2.75) is 83.5 Å². The van der Waals surface area contributed by atoms with E-state index in [1.807, 2.05) is 18.2 Å². The van der Waals surface area contributed by atoms with Gasteiger partial charge in [-0.15, -0.1) is 6.58 Å². The Morgan fingerprint density at radius 2 is 1.52 bits per heavy atom. The molecule has 1 N–H and O–H groups in total. The van der Waals surface area contributed by atoms with Crippen LogP contribution in [0.25, 0.3) is 0 Å². The van der Waals surface area contributed by atoms with Gasteiger partial charge in [-0.05, 0) is 62.6 Å². The van der Waals surface area contributed by atoms with Gasteiger partial charge in [-0.3, -0.25) is 14.4 Å². The molecule has 1 aromatic carbocycles. The number of carboxylic acids is 1. The van der Waals surface area contributed by atoms with Crippen LogP contribution in [0.3, 0.4) is 0 Å². The lowest BCUT2D eigenvalue weighted by Gasteiger charge is -2.24. The Kier molecular flexibility index (Phi) is 12.3. The van der Waals surface area contributed by atoms with Crippen LogP contribution in [0.4, 0.5) is 0 Å². The summed E-state index contributed by atoms with van der Waals surface area (Å²) in [6.07, 6.45) is 13.0. The number of benzene rings is 1. The Bertz CT molecular complexity index is 746. The number of ether oxygens (including phenoxy) is 2. The highest BCUT2D eigenvalue weighted by atomic mass is 16.5. The molecule has 0 amide bonds. The number of rotatable bonds is 15. The van der Waals surface area contributed by atoms with Crippen LogP contribution < -0.4 is 4.74 Å². The molecule has 0 unspecified atom stereocenters. The molecular weight excluding hydrogens is 420 g/mol. The maximum absolute atomic E-state index is 12.3. The van der Waals surface area contributed by atoms with Crippen molar-refractivity contribution < 1.29 is 29.0 Å². The lowest BCUT2D eigenvalue weighted by Crippen LogP contribution is -2.28. The van der Waals surface area contributed by atoms with E-state index in [0.717, 1.165) is 31.2 Å². The van der Waals surface area contributed by atoms with Gasteiger partial charge in [-0.1, -0.05) is 43.9 Å². The molecule has 6 nitrogen and oxygen atoms in total. The Labute approximate surface area is 197 Å². The number of carbonyl (C=O) groups excluding carboxylic acids is 2. The van der Waals surface area contributed by atoms with Gasteiger partial charge in [0.15, 0.2) is 0 Å². The molecular formula is C27H38O6. The number of allylic oxidation sites excluding steroid dienone is 1. The van der Waals surface area contributed by atoms with Crippen molar-refractivity contribution in [3.8, 4) is 5.75 Å². The third-order valence-corrected chi connectivity index (χ3v) is 6.24. The fraction of sp³-hybridized carbons (Fsp3) is 0.593. The second-order valence-corrected chi connectivity index (χ2v) is 8.87. The van der Waals surface area contributed by atoms with Crippen molar-refractivity contribution in [2.24, 2.45) is 11.8 Å². The van der Waals surface area contributed by atoms with Gasteiger partial charge >= 0.3 is 17.9 Å². The molecule has 0 heterocycles. The number of hydrogen-bond acceptors (Lipinski definition) is 5. The molecule has 0 saturated heterocycles. The van der Waals surface area contributed by atoms with Crippen molar-refractivity contribution in [3.05, 3.63) is 42.5 Å². The number of esters is 2. The summed E-state index contributed by atoms with van der Waals surface area (Å²) in [7, 11) is 0. The summed E-state index contributed by atoms with van der Waals surface area (Å²) >= 11 is 0. The van der Waals surface area contributed by atoms with Gasteiger partial charge < -0.3 is 14.6 Å². The molecule has 0 aliphatic heterocycles. The van der Waals surface area contributed by atoms with Crippen LogP contribution in [-0.4, -0.2) is 29.6 Å². The molecule has 1 saturated carbocycles. The van der Waals surface area contributed by atoms with E-state index in [9.17, 15) is 14.4 Å². The summed E-state index contributed by atoms with van der Waals surface area (Å²) in [6.45, 7) is 4.06. The van der Waals surface area contributed by atoms with E-state index in [4.69, 9.17) is 14.6 Å². The first kappa shape index (κ1) is 26.6. The second kappa shape index (κ2) is 15.3. The number of carboxylic acid groups (broad SMARTS) is 1. The van der Waals surface area contributed by atoms with E-state index in [-0.39, 0.29) is 23.8 Å². The fourth-order valence-corrected chi connectivity index (χ4v) is 4.12. The van der Waals surface area contributed by atoms with Gasteiger partial charge in [-0.25, -0.2) is 0 Å². The van der Waals surface area contributed by atoms with E-state index in [0.29, 0.717) is 50.9 Å². The van der Waals surface area contributed by atoms with Crippen LogP contribution in [-0.2, 0) is 25.5 Å². The average Bonchev–Trinajstić information content (AvgIpc) is 2.82. The van der Waals surface area contributed by atoms with E-state index in [1.54, 1.807) is 12.1 Å². The standard InChI is InChI=1S/C27H38O6/c1-2-3-4-5-6-7-8-9-10-25(28)32-20-19-21-11-17-24(18-12-21)33-27(31)23-15-13-22(14-16-23)26(29)30/h2,11-12,17-18,22-23H,1,3-10,13-16,19-20H2,(H,29,30). The Balaban J connectivity index is 1.57. The van der Waals surface area contributed by atoms with Gasteiger partial charge in [0.25, 0.3) is 0 Å². The topological polar surface area (TPSA) is 89.9 Å². The predicted molar refractivity (Wildman–Crippen MR) is 127 cm³/mol. The van der Waals surface area contributed by atoms with Crippen molar-refractivity contribution in [2.75, 3.05) is 6.61 Å². The minimum Gasteiger partial charge on any atom is -0.481 e. The monoisotopic (exact) mass is 458 g/mol. The molecule has 1 aromatic rings. The number of aliphatic carboxylic acids is 1. The summed E-state index contributed by atoms with van der Waals surface area (Å²) in [5.74, 6) is -1.34. The van der Waals surface area contributed by atoms with Gasteiger partial charge in [0.05, 0.1) is 18.4 Å². The molecule has 6 heteroatoms. The normalized spacial score (nSPS) is 17.8. The smallest absolute Gasteiger partial charge is 0.314 e. The van der Waals surface area contributed by atoms with Crippen molar-refractivity contribution in [1.29, 1.82) is 0 Å². The first-order chi connectivity index (χ1) is 16.0. The number of carbonyl (C=O) groups is 3. The molecule has 0 bridgehead atoms. The highest BCUT2D eigenvalue weighted by Crippen LogP contribution is 2.30. The first-order valence-electron chi connectivity index (χ1n) is 12.3. The molecule has 0 aromatic heterocycles. The Morgan fingerprint density at radius 3 is 2.15 bits per heavy atom. The third-order valence-electron chi connectivity index (χ3n) is 6.24. The predicted octanol–water partition coefficient (Wildman–Crippen LogP) is 5.88. The Hall–Kier alpha value is -2.63. The Morgan fingerprint density at radius 1 is 0.909 bits per heavy atom. The van der Waals surface area contributed by atoms with Gasteiger partial charge in [0.2, 0.25) is 0 Å². The number of hydrogen-bond donors (Lipinski definition) is 1. The van der Waals surface area contributed by atoms with E-state index < -0.39 is 5.97 Å². The molecule has 33 heavy (non-hydrogen) atoms. The summed E-state index contributed by atoms with van der Waals surface area (Å²) in [5.41, 5.74) is 1.00. The summed E-state index contributed by atoms with van der Waals surface area (Å²) in [4.78, 5) is 35.2. The van der Waals surface area contributed by atoms with E-state index >= 15 is 0 Å². The van der Waals surface area contributed by atoms with Crippen LogP contribution in [0.1, 0.15) is 82.6 Å². The molecule has 1 fully saturated rings. The average molecular weight is 459 g/mol. The quantitative estimate of drug-likeness (QED) is 0.153. The lowest BCUT2D eigenvalue weighted by molar-refractivity contribution is -0.146. The molecule has 1 aliphatic rings. The van der Waals surface area contributed by atoms with Crippen LogP contribution in [0.2, 0.25) is 0 Å². The van der Waals surface area contributed by atoms with E-state index in [2.05, 4.69) is 6.58 Å². The van der Waals surface area contributed by atoms with Crippen molar-refractivity contribution >= 4 is 17.9 Å². The summed E-state index contributed by atoms with van der Waals surface area (Å²) in [6, 6.07) is 7.22. The molecule has 0 radical (unpaired) electrons. The van der Waals surface area contributed by atoms with Crippen molar-refractivity contribution in [1.82, 2.24) is 0 Å². The summed E-state index contributed by atoms with van der Waals surface area (Å²) < 4.78 is 10.8. The summed E-state index contributed by atoms with van der Waals surface area (Å²) in [5, 5.41) is 9.06. The largest absolute Gasteiger partial charge is 0.481 e. The molecule has 2 rings (SSSR count). The maximum atomic E-state index is 12.3.